The van der Waals surface area contributed by atoms with Crippen molar-refractivity contribution >= 4 is 28.4 Å². The number of pyridine rings is 1. The maximum absolute atomic E-state index is 4.20. The largest absolute Gasteiger partial charge is 0.333 e. The monoisotopic (exact) mass is 717 g/mol. The highest BCUT2D eigenvalue weighted by molar-refractivity contribution is 5.84. The van der Waals surface area contributed by atoms with Crippen LogP contribution < -0.4 is 9.80 Å². The lowest BCUT2D eigenvalue weighted by atomic mass is 9.91. The van der Waals surface area contributed by atoms with Gasteiger partial charge in [-0.05, 0) is 123 Å². The molecule has 0 saturated carbocycles. The number of hydrogen-bond donors (Lipinski definition) is 0. The van der Waals surface area contributed by atoms with Crippen molar-refractivity contribution < 1.29 is 0 Å². The molecule has 266 valence electrons. The van der Waals surface area contributed by atoms with Gasteiger partial charge in [0.15, 0.2) is 0 Å². The molecule has 8 aromatic rings. The van der Waals surface area contributed by atoms with E-state index in [2.05, 4.69) is 227 Å². The molecule has 10 rings (SSSR count). The van der Waals surface area contributed by atoms with Crippen LogP contribution in [0.1, 0.15) is 11.5 Å². The third-order valence-corrected chi connectivity index (χ3v) is 11.1. The molecule has 1 aliphatic heterocycles. The van der Waals surface area contributed by atoms with Crippen LogP contribution in [0.25, 0.3) is 44.5 Å². The van der Waals surface area contributed by atoms with Crippen molar-refractivity contribution in [3.8, 4) is 44.5 Å². The van der Waals surface area contributed by atoms with Crippen LogP contribution >= 0.6 is 0 Å². The second kappa shape index (κ2) is 14.5. The fourth-order valence-electron chi connectivity index (χ4n) is 8.34. The van der Waals surface area contributed by atoms with Crippen molar-refractivity contribution in [1.82, 2.24) is 4.98 Å². The maximum Gasteiger partial charge on any atom is 0.0629 e. The van der Waals surface area contributed by atoms with Crippen molar-refractivity contribution in [3.63, 3.8) is 0 Å². The molecule has 0 saturated heterocycles. The molecule has 2 heterocycles. The Morgan fingerprint density at radius 3 is 1.62 bits per heavy atom. The number of hydrogen-bond acceptors (Lipinski definition) is 3. The molecule has 1 aromatic heterocycles. The number of para-hydroxylation sites is 1. The van der Waals surface area contributed by atoms with Crippen LogP contribution in [0, 0.1) is 0 Å². The summed E-state index contributed by atoms with van der Waals surface area (Å²) >= 11 is 0. The quantitative estimate of drug-likeness (QED) is 0.156. The van der Waals surface area contributed by atoms with Gasteiger partial charge in [-0.1, -0.05) is 140 Å². The third kappa shape index (κ3) is 6.29. The summed E-state index contributed by atoms with van der Waals surface area (Å²) < 4.78 is 0. The number of nitrogens with zero attached hydrogens (tertiary/aromatic N) is 3. The van der Waals surface area contributed by atoms with Crippen LogP contribution in [0.3, 0.4) is 0 Å². The first-order valence-corrected chi connectivity index (χ1v) is 19.3. The van der Waals surface area contributed by atoms with E-state index in [4.69, 9.17) is 0 Å². The number of aromatic nitrogens is 1. The minimum absolute atomic E-state index is 0.291. The number of fused-ring (bicyclic) bond motifs is 3. The van der Waals surface area contributed by atoms with E-state index in [9.17, 15) is 0 Å². The van der Waals surface area contributed by atoms with Gasteiger partial charge in [-0.25, -0.2) is 0 Å². The van der Waals surface area contributed by atoms with E-state index < -0.39 is 0 Å². The van der Waals surface area contributed by atoms with Gasteiger partial charge in [0, 0.05) is 46.7 Å². The first kappa shape index (κ1) is 33.3. The van der Waals surface area contributed by atoms with Gasteiger partial charge in [-0.3, -0.25) is 4.98 Å². The summed E-state index contributed by atoms with van der Waals surface area (Å²) in [5.41, 5.74) is 16.6. The average molecular weight is 718 g/mol. The molecule has 7 aromatic carbocycles. The van der Waals surface area contributed by atoms with Gasteiger partial charge in [0.1, 0.15) is 0 Å². The Hall–Kier alpha value is -7.23. The normalized spacial score (nSPS) is 15.3. The van der Waals surface area contributed by atoms with Gasteiger partial charge in [0.25, 0.3) is 0 Å². The van der Waals surface area contributed by atoms with Crippen molar-refractivity contribution in [3.05, 3.63) is 230 Å². The molecule has 3 nitrogen and oxygen atoms in total. The second-order valence-electron chi connectivity index (χ2n) is 14.4. The summed E-state index contributed by atoms with van der Waals surface area (Å²) in [6, 6.07) is 68.3. The molecule has 0 spiro atoms. The highest BCUT2D eigenvalue weighted by Crippen LogP contribution is 2.48. The van der Waals surface area contributed by atoms with E-state index >= 15 is 0 Å². The number of allylic oxidation sites excluding steroid dienone is 2. The molecule has 1 aliphatic carbocycles. The molecular formula is C53H39N3. The smallest absolute Gasteiger partial charge is 0.0629 e. The van der Waals surface area contributed by atoms with Gasteiger partial charge in [0.2, 0.25) is 0 Å². The molecule has 56 heavy (non-hydrogen) atoms. The highest BCUT2D eigenvalue weighted by atomic mass is 15.2. The van der Waals surface area contributed by atoms with Crippen LogP contribution in [0.4, 0.5) is 28.4 Å². The number of rotatable bonds is 8. The Bertz CT molecular complexity index is 2600. The minimum atomic E-state index is 0.291. The summed E-state index contributed by atoms with van der Waals surface area (Å²) in [5, 5.41) is 0. The molecule has 0 fully saturated rings. The SMILES string of the molecule is C1=CC2c3ccccc3N(c3ccc(-c4cccc(-c5cccc(N(c6ccc(-c7ccccc7)cc6)c6ccc(-c7ccncc7)cc6)c5)c4)cc3)C2C=C1. The van der Waals surface area contributed by atoms with E-state index in [1.165, 1.54) is 44.8 Å². The summed E-state index contributed by atoms with van der Waals surface area (Å²) in [6.45, 7) is 0. The van der Waals surface area contributed by atoms with Crippen molar-refractivity contribution in [1.29, 1.82) is 0 Å². The van der Waals surface area contributed by atoms with E-state index in [1.54, 1.807) is 0 Å². The Morgan fingerprint density at radius 2 is 0.911 bits per heavy atom. The van der Waals surface area contributed by atoms with Crippen molar-refractivity contribution in [2.75, 3.05) is 9.80 Å². The maximum atomic E-state index is 4.20. The first-order valence-electron chi connectivity index (χ1n) is 19.3. The van der Waals surface area contributed by atoms with Crippen LogP contribution in [-0.2, 0) is 0 Å². The summed E-state index contributed by atoms with van der Waals surface area (Å²) in [5.74, 6) is 0.374. The molecule has 2 unspecified atom stereocenters. The predicted molar refractivity (Wildman–Crippen MR) is 234 cm³/mol. The van der Waals surface area contributed by atoms with Crippen molar-refractivity contribution in [2.45, 2.75) is 12.0 Å². The average Bonchev–Trinajstić information content (AvgIpc) is 3.62. The molecule has 3 heteroatoms. The van der Waals surface area contributed by atoms with E-state index in [0.29, 0.717) is 12.0 Å². The third-order valence-electron chi connectivity index (χ3n) is 11.1. The van der Waals surface area contributed by atoms with Gasteiger partial charge < -0.3 is 9.80 Å². The fraction of sp³-hybridized carbons (Fsp3) is 0.0377. The zero-order valence-electron chi connectivity index (χ0n) is 30.9. The van der Waals surface area contributed by atoms with E-state index in [-0.39, 0.29) is 0 Å². The summed E-state index contributed by atoms with van der Waals surface area (Å²) in [6.07, 6.45) is 12.7. The van der Waals surface area contributed by atoms with E-state index in [0.717, 1.165) is 33.8 Å². The summed E-state index contributed by atoms with van der Waals surface area (Å²) in [7, 11) is 0. The molecule has 0 bridgehead atoms. The minimum Gasteiger partial charge on any atom is -0.333 e. The molecule has 2 atom stereocenters. The Balaban J connectivity index is 0.973. The molecular weight excluding hydrogens is 679 g/mol. The lowest BCUT2D eigenvalue weighted by molar-refractivity contribution is 0.745. The fourth-order valence-corrected chi connectivity index (χ4v) is 8.34. The van der Waals surface area contributed by atoms with Gasteiger partial charge >= 0.3 is 0 Å². The van der Waals surface area contributed by atoms with Crippen LogP contribution in [0.15, 0.2) is 225 Å². The lowest BCUT2D eigenvalue weighted by Crippen LogP contribution is -2.28. The topological polar surface area (TPSA) is 19.4 Å². The first-order chi connectivity index (χ1) is 27.8. The van der Waals surface area contributed by atoms with Gasteiger partial charge in [-0.15, -0.1) is 0 Å². The summed E-state index contributed by atoms with van der Waals surface area (Å²) in [4.78, 5) is 9.03. The molecule has 0 amide bonds. The van der Waals surface area contributed by atoms with E-state index in [1.807, 2.05) is 12.4 Å². The van der Waals surface area contributed by atoms with Gasteiger partial charge in [-0.2, -0.15) is 0 Å². The Labute approximate surface area is 328 Å². The zero-order valence-corrected chi connectivity index (χ0v) is 30.9. The number of anilines is 5. The zero-order chi connectivity index (χ0) is 37.3. The molecule has 0 radical (unpaired) electrons. The second-order valence-corrected chi connectivity index (χ2v) is 14.4. The highest BCUT2D eigenvalue weighted by Gasteiger charge is 2.36. The van der Waals surface area contributed by atoms with Crippen LogP contribution in [0.2, 0.25) is 0 Å². The van der Waals surface area contributed by atoms with Crippen LogP contribution in [-0.4, -0.2) is 11.0 Å². The Morgan fingerprint density at radius 1 is 0.393 bits per heavy atom. The van der Waals surface area contributed by atoms with Crippen molar-refractivity contribution in [2.24, 2.45) is 0 Å². The molecule has 2 aliphatic rings. The van der Waals surface area contributed by atoms with Gasteiger partial charge in [0.05, 0.1) is 6.04 Å². The van der Waals surface area contributed by atoms with Crippen LogP contribution in [0.5, 0.6) is 0 Å². The standard InChI is InChI=1S/C53H39N3/c1-2-10-38(11-3-1)39-20-26-46(27-21-39)55(47-28-22-40(23-29-47)42-32-34-54-35-33-42)49-15-9-14-45(37-49)44-13-8-12-43(36-44)41-24-30-48(31-25-41)56-52-18-6-4-16-50(52)51-17-5-7-19-53(51)56/h1-37,50,52H. The Kier molecular flexibility index (Phi) is 8.66. The number of benzene rings is 7. The predicted octanol–water partition coefficient (Wildman–Crippen LogP) is 13.9. The molecule has 0 N–H and O–H groups in total. The lowest BCUT2D eigenvalue weighted by Gasteiger charge is -2.28.